The Morgan fingerprint density at radius 2 is 2.09 bits per heavy atom. The molecule has 2 aliphatic heterocycles. The number of hydrogen-bond donors (Lipinski definition) is 2. The minimum Gasteiger partial charge on any atom is -0.481 e. The van der Waals surface area contributed by atoms with Gasteiger partial charge < -0.3 is 15.3 Å². The molecule has 0 bridgehead atoms. The summed E-state index contributed by atoms with van der Waals surface area (Å²) in [6, 6.07) is 5.62. The highest BCUT2D eigenvalue weighted by atomic mass is 19.1. The van der Waals surface area contributed by atoms with E-state index in [0.29, 0.717) is 25.9 Å². The number of carboxylic acid groups (broad SMARTS) is 1. The van der Waals surface area contributed by atoms with Crippen molar-refractivity contribution in [2.24, 2.45) is 5.41 Å². The highest BCUT2D eigenvalue weighted by Crippen LogP contribution is 2.39. The number of carboxylic acids is 1. The third kappa shape index (κ3) is 2.37. The molecule has 3 rings (SSSR count). The zero-order valence-corrected chi connectivity index (χ0v) is 12.2. The summed E-state index contributed by atoms with van der Waals surface area (Å²) in [5.74, 6) is -1.72. The topological polar surface area (TPSA) is 69.6 Å². The van der Waals surface area contributed by atoms with Crippen molar-refractivity contribution >= 4 is 11.9 Å². The van der Waals surface area contributed by atoms with E-state index in [1.807, 2.05) is 0 Å². The van der Waals surface area contributed by atoms with Gasteiger partial charge in [0.1, 0.15) is 5.82 Å². The van der Waals surface area contributed by atoms with Crippen LogP contribution in [0.2, 0.25) is 0 Å². The standard InChI is InChI=1S/C16H19FN2O3/c17-12-5-2-1-4-11(12)14(20)19-9-7-16(15(21)22)6-3-8-18-13(16)10-19/h1-2,4-5,13,18H,3,6-10H2,(H,21,22)/t13-,16+/m1/s1. The average Bonchev–Trinajstić information content (AvgIpc) is 2.54. The Labute approximate surface area is 128 Å². The maximum Gasteiger partial charge on any atom is 0.311 e. The van der Waals surface area contributed by atoms with Crippen molar-refractivity contribution in [3.05, 3.63) is 35.6 Å². The van der Waals surface area contributed by atoms with Gasteiger partial charge in [-0.25, -0.2) is 4.39 Å². The van der Waals surface area contributed by atoms with E-state index in [1.165, 1.54) is 12.1 Å². The van der Waals surface area contributed by atoms with Gasteiger partial charge >= 0.3 is 5.97 Å². The van der Waals surface area contributed by atoms with Crippen LogP contribution in [0.25, 0.3) is 0 Å². The number of aliphatic carboxylic acids is 1. The Balaban J connectivity index is 1.81. The Morgan fingerprint density at radius 3 is 2.82 bits per heavy atom. The highest BCUT2D eigenvalue weighted by molar-refractivity contribution is 5.94. The predicted molar refractivity (Wildman–Crippen MR) is 78.0 cm³/mol. The summed E-state index contributed by atoms with van der Waals surface area (Å²) in [6.07, 6.45) is 1.85. The van der Waals surface area contributed by atoms with Crippen LogP contribution >= 0.6 is 0 Å². The van der Waals surface area contributed by atoms with Crippen LogP contribution in [0.5, 0.6) is 0 Å². The molecule has 1 aromatic carbocycles. The summed E-state index contributed by atoms with van der Waals surface area (Å²) in [5.41, 5.74) is -0.759. The molecule has 0 unspecified atom stereocenters. The fraction of sp³-hybridized carbons (Fsp3) is 0.500. The molecule has 0 aromatic heterocycles. The monoisotopic (exact) mass is 306 g/mol. The first-order valence-electron chi connectivity index (χ1n) is 7.55. The van der Waals surface area contributed by atoms with Gasteiger partial charge in [-0.15, -0.1) is 0 Å². The van der Waals surface area contributed by atoms with Gasteiger partial charge in [-0.1, -0.05) is 12.1 Å². The summed E-state index contributed by atoms with van der Waals surface area (Å²) in [4.78, 5) is 25.7. The van der Waals surface area contributed by atoms with E-state index < -0.39 is 17.2 Å². The molecule has 0 radical (unpaired) electrons. The first-order chi connectivity index (χ1) is 10.5. The second kappa shape index (κ2) is 5.68. The first kappa shape index (κ1) is 15.0. The summed E-state index contributed by atoms with van der Waals surface area (Å²) in [6.45, 7) is 1.40. The van der Waals surface area contributed by atoms with E-state index in [2.05, 4.69) is 5.32 Å². The van der Waals surface area contributed by atoms with Crippen molar-refractivity contribution in [2.75, 3.05) is 19.6 Å². The van der Waals surface area contributed by atoms with Crippen molar-refractivity contribution < 1.29 is 19.1 Å². The SMILES string of the molecule is O=C(c1ccccc1F)N1CC[C@@]2(C(=O)O)CCCN[C@@H]2C1. The van der Waals surface area contributed by atoms with E-state index in [0.717, 1.165) is 13.0 Å². The summed E-state index contributed by atoms with van der Waals surface area (Å²) in [5, 5.41) is 12.8. The molecular weight excluding hydrogens is 287 g/mol. The lowest BCUT2D eigenvalue weighted by molar-refractivity contribution is -0.156. The molecule has 2 fully saturated rings. The molecule has 22 heavy (non-hydrogen) atoms. The molecule has 1 amide bonds. The van der Waals surface area contributed by atoms with Crippen LogP contribution in [0.15, 0.2) is 24.3 Å². The molecule has 2 heterocycles. The van der Waals surface area contributed by atoms with Crippen LogP contribution in [0.3, 0.4) is 0 Å². The molecule has 0 aliphatic carbocycles. The van der Waals surface area contributed by atoms with Gasteiger partial charge in [0.05, 0.1) is 11.0 Å². The zero-order valence-electron chi connectivity index (χ0n) is 12.2. The number of likely N-dealkylation sites (tertiary alicyclic amines) is 1. The van der Waals surface area contributed by atoms with Crippen LogP contribution < -0.4 is 5.32 Å². The molecule has 2 N–H and O–H groups in total. The third-order valence-electron chi connectivity index (χ3n) is 4.91. The first-order valence-corrected chi connectivity index (χ1v) is 7.55. The summed E-state index contributed by atoms with van der Waals surface area (Å²) >= 11 is 0. The highest BCUT2D eigenvalue weighted by Gasteiger charge is 2.50. The number of amides is 1. The number of carbonyl (C=O) groups excluding carboxylic acids is 1. The number of carbonyl (C=O) groups is 2. The van der Waals surface area contributed by atoms with E-state index in [9.17, 15) is 19.1 Å². The Morgan fingerprint density at radius 1 is 1.32 bits per heavy atom. The molecule has 2 saturated heterocycles. The molecule has 2 aliphatic rings. The second-order valence-electron chi connectivity index (χ2n) is 6.05. The molecule has 5 nitrogen and oxygen atoms in total. The van der Waals surface area contributed by atoms with E-state index >= 15 is 0 Å². The third-order valence-corrected chi connectivity index (χ3v) is 4.91. The number of benzene rings is 1. The largest absolute Gasteiger partial charge is 0.481 e. The van der Waals surface area contributed by atoms with Gasteiger partial charge in [-0.3, -0.25) is 9.59 Å². The number of halogens is 1. The predicted octanol–water partition coefficient (Wildman–Crippen LogP) is 1.49. The van der Waals surface area contributed by atoms with E-state index in [4.69, 9.17) is 0 Å². The van der Waals surface area contributed by atoms with Gasteiger partial charge in [0.25, 0.3) is 5.91 Å². The number of nitrogens with zero attached hydrogens (tertiary/aromatic N) is 1. The van der Waals surface area contributed by atoms with Gasteiger partial charge in [0.15, 0.2) is 0 Å². The van der Waals surface area contributed by atoms with Gasteiger partial charge in [0, 0.05) is 19.1 Å². The maximum absolute atomic E-state index is 13.8. The fourth-order valence-electron chi connectivity index (χ4n) is 3.59. The maximum atomic E-state index is 13.8. The van der Waals surface area contributed by atoms with Crippen molar-refractivity contribution in [1.29, 1.82) is 0 Å². The minimum atomic E-state index is -0.803. The van der Waals surface area contributed by atoms with Gasteiger partial charge in [-0.05, 0) is 37.9 Å². The van der Waals surface area contributed by atoms with Gasteiger partial charge in [-0.2, -0.15) is 0 Å². The molecular formula is C16H19FN2O3. The van der Waals surface area contributed by atoms with Crippen molar-refractivity contribution in [3.8, 4) is 0 Å². The fourth-order valence-corrected chi connectivity index (χ4v) is 3.59. The molecule has 0 spiro atoms. The number of rotatable bonds is 2. The quantitative estimate of drug-likeness (QED) is 0.868. The molecule has 0 saturated carbocycles. The number of hydrogen-bond acceptors (Lipinski definition) is 3. The van der Waals surface area contributed by atoms with Crippen LogP contribution in [-0.2, 0) is 4.79 Å². The lowest BCUT2D eigenvalue weighted by atomic mass is 9.69. The molecule has 1 aromatic rings. The molecule has 6 heteroatoms. The lowest BCUT2D eigenvalue weighted by Gasteiger charge is -2.48. The van der Waals surface area contributed by atoms with Crippen molar-refractivity contribution in [1.82, 2.24) is 10.2 Å². The molecule has 2 atom stereocenters. The number of piperidine rings is 2. The number of nitrogens with one attached hydrogen (secondary N) is 1. The molecule has 118 valence electrons. The normalized spacial score (nSPS) is 28.0. The van der Waals surface area contributed by atoms with Crippen LogP contribution in [0, 0.1) is 11.2 Å². The van der Waals surface area contributed by atoms with Gasteiger partial charge in [0.2, 0.25) is 0 Å². The average molecular weight is 306 g/mol. The smallest absolute Gasteiger partial charge is 0.311 e. The van der Waals surface area contributed by atoms with Crippen molar-refractivity contribution in [2.45, 2.75) is 25.3 Å². The zero-order chi connectivity index (χ0) is 15.7. The van der Waals surface area contributed by atoms with E-state index in [-0.39, 0.29) is 17.5 Å². The second-order valence-corrected chi connectivity index (χ2v) is 6.05. The summed E-state index contributed by atoms with van der Waals surface area (Å²) < 4.78 is 13.8. The summed E-state index contributed by atoms with van der Waals surface area (Å²) in [7, 11) is 0. The Hall–Kier alpha value is -1.95. The minimum absolute atomic E-state index is 0.0427. The lowest BCUT2D eigenvalue weighted by Crippen LogP contribution is -2.63. The Bertz CT molecular complexity index is 607. The van der Waals surface area contributed by atoms with Crippen LogP contribution in [0.1, 0.15) is 29.6 Å². The van der Waals surface area contributed by atoms with E-state index in [1.54, 1.807) is 17.0 Å². The van der Waals surface area contributed by atoms with Crippen molar-refractivity contribution in [3.63, 3.8) is 0 Å². The number of fused-ring (bicyclic) bond motifs is 1. The van der Waals surface area contributed by atoms with Crippen LogP contribution in [0.4, 0.5) is 4.39 Å². The van der Waals surface area contributed by atoms with Crippen LogP contribution in [-0.4, -0.2) is 47.6 Å². The Kier molecular flexibility index (Phi) is 3.87.